The van der Waals surface area contributed by atoms with Crippen LogP contribution in [0.4, 0.5) is 8.78 Å². The second-order valence-corrected chi connectivity index (χ2v) is 3.17. The maximum atomic E-state index is 12.3. The van der Waals surface area contributed by atoms with Gasteiger partial charge in [-0.3, -0.25) is 4.98 Å². The van der Waals surface area contributed by atoms with Gasteiger partial charge in [0.1, 0.15) is 5.69 Å². The third-order valence-corrected chi connectivity index (χ3v) is 2.24. The van der Waals surface area contributed by atoms with Crippen LogP contribution in [-0.2, 0) is 11.8 Å². The zero-order chi connectivity index (χ0) is 10.6. The topological polar surface area (TPSA) is 36.7 Å². The van der Waals surface area contributed by atoms with Gasteiger partial charge in [-0.05, 0) is 11.6 Å². The molecule has 0 aliphatic rings. The largest absolute Gasteiger partial charge is 0.280 e. The molecule has 0 unspecified atom stereocenters. The van der Waals surface area contributed by atoms with Gasteiger partial charge in [-0.15, -0.1) is 0 Å². The van der Waals surface area contributed by atoms with Crippen LogP contribution in [0, 0.1) is 11.3 Å². The minimum Gasteiger partial charge on any atom is -0.251 e. The van der Waals surface area contributed by atoms with Crippen molar-refractivity contribution in [1.82, 2.24) is 4.98 Å². The molecular formula is C9H7BrF2N2. The van der Waals surface area contributed by atoms with Crippen molar-refractivity contribution in [3.05, 3.63) is 29.1 Å². The summed E-state index contributed by atoms with van der Waals surface area (Å²) in [4.78, 5) is 3.76. The average molecular weight is 261 g/mol. The number of hydrogen-bond acceptors (Lipinski definition) is 2. The van der Waals surface area contributed by atoms with Gasteiger partial charge in [-0.25, -0.2) is 8.78 Å². The highest BCUT2D eigenvalue weighted by Gasteiger charge is 2.11. The van der Waals surface area contributed by atoms with Crippen LogP contribution < -0.4 is 0 Å². The number of alkyl halides is 3. The highest BCUT2D eigenvalue weighted by atomic mass is 79.9. The molecule has 0 atom stereocenters. The quantitative estimate of drug-likeness (QED) is 0.784. The summed E-state index contributed by atoms with van der Waals surface area (Å²) in [6, 6.07) is 4.73. The second kappa shape index (κ2) is 5.01. The van der Waals surface area contributed by atoms with Gasteiger partial charge in [-0.1, -0.05) is 22.0 Å². The minimum atomic E-state index is -2.57. The van der Waals surface area contributed by atoms with Gasteiger partial charge in [0.15, 0.2) is 0 Å². The molecule has 2 nitrogen and oxygen atoms in total. The third kappa shape index (κ3) is 2.48. The van der Waals surface area contributed by atoms with Crippen LogP contribution in [0.3, 0.4) is 0 Å². The van der Waals surface area contributed by atoms with Gasteiger partial charge in [-0.2, -0.15) is 5.26 Å². The first-order valence-electron chi connectivity index (χ1n) is 3.88. The lowest BCUT2D eigenvalue weighted by Crippen LogP contribution is -1.99. The molecule has 0 aliphatic heterocycles. The molecule has 0 bridgehead atoms. The Kier molecular flexibility index (Phi) is 3.96. The van der Waals surface area contributed by atoms with Gasteiger partial charge >= 0.3 is 0 Å². The van der Waals surface area contributed by atoms with Gasteiger partial charge < -0.3 is 0 Å². The van der Waals surface area contributed by atoms with Crippen molar-refractivity contribution in [3.8, 4) is 6.07 Å². The summed E-state index contributed by atoms with van der Waals surface area (Å²) in [6.45, 7) is 0. The summed E-state index contributed by atoms with van der Waals surface area (Å²) in [5.41, 5.74) is 0.944. The summed E-state index contributed by atoms with van der Waals surface area (Å²) < 4.78 is 24.5. The van der Waals surface area contributed by atoms with E-state index in [1.54, 1.807) is 0 Å². The number of aromatic nitrogens is 1. The van der Waals surface area contributed by atoms with Crippen molar-refractivity contribution >= 4 is 15.9 Å². The van der Waals surface area contributed by atoms with Gasteiger partial charge in [0.2, 0.25) is 0 Å². The Morgan fingerprint density at radius 3 is 2.71 bits per heavy atom. The fourth-order valence-electron chi connectivity index (χ4n) is 1.03. The van der Waals surface area contributed by atoms with E-state index in [9.17, 15) is 8.78 Å². The zero-order valence-corrected chi connectivity index (χ0v) is 8.76. The van der Waals surface area contributed by atoms with Crippen molar-refractivity contribution in [2.45, 2.75) is 18.2 Å². The van der Waals surface area contributed by atoms with Crippen molar-refractivity contribution < 1.29 is 8.78 Å². The summed E-state index contributed by atoms with van der Waals surface area (Å²) >= 11 is 3.14. The number of nitrogens with zero attached hydrogens (tertiary/aromatic N) is 2. The molecule has 5 heteroatoms. The maximum absolute atomic E-state index is 12.3. The Morgan fingerprint density at radius 2 is 2.21 bits per heavy atom. The predicted molar refractivity (Wildman–Crippen MR) is 51.1 cm³/mol. The smallest absolute Gasteiger partial charge is 0.251 e. The molecule has 74 valence electrons. The van der Waals surface area contributed by atoms with Crippen molar-refractivity contribution in [2.24, 2.45) is 0 Å². The van der Waals surface area contributed by atoms with E-state index in [0.717, 1.165) is 0 Å². The lowest BCUT2D eigenvalue weighted by Gasteiger charge is -2.05. The summed E-state index contributed by atoms with van der Waals surface area (Å²) in [5, 5.41) is 8.86. The summed E-state index contributed by atoms with van der Waals surface area (Å²) in [7, 11) is 0. The summed E-state index contributed by atoms with van der Waals surface area (Å²) in [5.74, 6) is 0. The molecule has 0 saturated heterocycles. The molecule has 0 aromatic carbocycles. The third-order valence-electron chi connectivity index (χ3n) is 1.71. The highest BCUT2D eigenvalue weighted by Crippen LogP contribution is 2.19. The Bertz CT molecular complexity index is 360. The first kappa shape index (κ1) is 11.1. The van der Waals surface area contributed by atoms with Crippen LogP contribution in [0.1, 0.15) is 23.4 Å². The van der Waals surface area contributed by atoms with E-state index in [0.29, 0.717) is 16.6 Å². The van der Waals surface area contributed by atoms with E-state index in [4.69, 9.17) is 5.26 Å². The van der Waals surface area contributed by atoms with E-state index in [1.165, 1.54) is 12.1 Å². The normalized spacial score (nSPS) is 10.2. The summed E-state index contributed by atoms with van der Waals surface area (Å²) in [6.07, 6.45) is -2.37. The Balaban J connectivity index is 3.06. The van der Waals surface area contributed by atoms with Gasteiger partial charge in [0.05, 0.1) is 18.2 Å². The number of pyridine rings is 1. The van der Waals surface area contributed by atoms with Crippen molar-refractivity contribution in [3.63, 3.8) is 0 Å². The number of nitriles is 1. The Morgan fingerprint density at radius 1 is 1.50 bits per heavy atom. The van der Waals surface area contributed by atoms with Gasteiger partial charge in [0.25, 0.3) is 6.43 Å². The van der Waals surface area contributed by atoms with Crippen LogP contribution in [-0.4, -0.2) is 4.98 Å². The van der Waals surface area contributed by atoms with Crippen molar-refractivity contribution in [1.29, 1.82) is 5.26 Å². The molecule has 0 amide bonds. The average Bonchev–Trinajstić information content (AvgIpc) is 2.18. The Hall–Kier alpha value is -1.02. The van der Waals surface area contributed by atoms with Crippen LogP contribution in [0.5, 0.6) is 0 Å². The first-order chi connectivity index (χ1) is 6.69. The zero-order valence-electron chi connectivity index (χ0n) is 7.17. The van der Waals surface area contributed by atoms with Gasteiger partial charge in [0, 0.05) is 5.33 Å². The lowest BCUT2D eigenvalue weighted by molar-refractivity contribution is 0.146. The van der Waals surface area contributed by atoms with E-state index < -0.39 is 6.43 Å². The molecule has 0 radical (unpaired) electrons. The fourth-order valence-corrected chi connectivity index (χ4v) is 1.52. The molecule has 14 heavy (non-hydrogen) atoms. The molecular weight excluding hydrogens is 254 g/mol. The van der Waals surface area contributed by atoms with E-state index >= 15 is 0 Å². The molecule has 0 fully saturated rings. The molecule has 0 saturated carbocycles. The number of halogens is 3. The fraction of sp³-hybridized carbons (Fsp3) is 0.333. The highest BCUT2D eigenvalue weighted by molar-refractivity contribution is 9.08. The standard InChI is InChI=1S/C9H7BrF2N2/c10-5-8-6(3-4-13)1-2-7(14-8)9(11)12/h1-2,9H,3,5H2. The van der Waals surface area contributed by atoms with Crippen LogP contribution in [0.25, 0.3) is 0 Å². The van der Waals surface area contributed by atoms with Crippen molar-refractivity contribution in [2.75, 3.05) is 0 Å². The van der Waals surface area contributed by atoms with Crippen LogP contribution in [0.2, 0.25) is 0 Å². The second-order valence-electron chi connectivity index (χ2n) is 2.61. The Labute approximate surface area is 88.7 Å². The number of hydrogen-bond donors (Lipinski definition) is 0. The molecule has 0 spiro atoms. The van der Waals surface area contributed by atoms with E-state index in [1.807, 2.05) is 6.07 Å². The monoisotopic (exact) mass is 260 g/mol. The van der Waals surface area contributed by atoms with Crippen LogP contribution in [0.15, 0.2) is 12.1 Å². The molecule has 0 N–H and O–H groups in total. The maximum Gasteiger partial charge on any atom is 0.280 e. The van der Waals surface area contributed by atoms with Crippen LogP contribution >= 0.6 is 15.9 Å². The molecule has 1 heterocycles. The van der Waals surface area contributed by atoms with E-state index in [-0.39, 0.29) is 12.1 Å². The first-order valence-corrected chi connectivity index (χ1v) is 5.01. The van der Waals surface area contributed by atoms with E-state index in [2.05, 4.69) is 20.9 Å². The predicted octanol–water partition coefficient (Wildman–Crippen LogP) is 2.98. The molecule has 1 aromatic heterocycles. The lowest BCUT2D eigenvalue weighted by atomic mass is 10.1. The SMILES string of the molecule is N#CCc1ccc(C(F)F)nc1CBr. The number of rotatable bonds is 3. The molecule has 1 aromatic rings. The minimum absolute atomic E-state index is 0.192. The molecule has 1 rings (SSSR count). The molecule has 0 aliphatic carbocycles.